The zero-order valence-electron chi connectivity index (χ0n) is 15.3. The van der Waals surface area contributed by atoms with Crippen LogP contribution in [0.3, 0.4) is 0 Å². The smallest absolute Gasteiger partial charge is 0.261 e. The molecule has 6 nitrogen and oxygen atoms in total. The van der Waals surface area contributed by atoms with Crippen molar-refractivity contribution in [1.82, 2.24) is 0 Å². The predicted molar refractivity (Wildman–Crippen MR) is 106 cm³/mol. The highest BCUT2D eigenvalue weighted by molar-refractivity contribution is 7.92. The van der Waals surface area contributed by atoms with Crippen molar-refractivity contribution in [3.05, 3.63) is 47.5 Å². The molecule has 0 fully saturated rings. The first-order valence-electron chi connectivity index (χ1n) is 8.51. The van der Waals surface area contributed by atoms with E-state index < -0.39 is 15.4 Å². The van der Waals surface area contributed by atoms with E-state index >= 15 is 0 Å². The molecule has 0 unspecified atom stereocenters. The number of ether oxygens (including phenoxy) is 1. The minimum atomic E-state index is -3.78. The van der Waals surface area contributed by atoms with Crippen LogP contribution >= 0.6 is 11.6 Å². The molecule has 0 saturated carbocycles. The van der Waals surface area contributed by atoms with Crippen LogP contribution in [-0.4, -0.2) is 27.5 Å². The molecule has 0 atom stereocenters. The van der Waals surface area contributed by atoms with E-state index in [-0.39, 0.29) is 17.4 Å². The fourth-order valence-electron chi connectivity index (χ4n) is 2.85. The summed E-state index contributed by atoms with van der Waals surface area (Å²) in [5, 5.41) is 0.454. The molecule has 2 aromatic carbocycles. The molecule has 1 amide bonds. The standard InChI is InChI=1S/C19H21ClN2O4S/c1-4-22-16-11-14(7-10-17(16)26-12-19(2,3)18(22)23)21-27(24,25)15-8-5-13(20)6-9-15/h5-11,21H,4,12H2,1-3H3. The molecular formula is C19H21ClN2O4S. The van der Waals surface area contributed by atoms with Crippen molar-refractivity contribution in [2.75, 3.05) is 22.8 Å². The van der Waals surface area contributed by atoms with Crippen LogP contribution in [0.15, 0.2) is 47.4 Å². The lowest BCUT2D eigenvalue weighted by atomic mass is 9.93. The van der Waals surface area contributed by atoms with Crippen LogP contribution in [0.2, 0.25) is 5.02 Å². The number of carbonyl (C=O) groups is 1. The Morgan fingerprint density at radius 1 is 1.19 bits per heavy atom. The minimum Gasteiger partial charge on any atom is -0.490 e. The van der Waals surface area contributed by atoms with Crippen LogP contribution in [0.4, 0.5) is 11.4 Å². The number of nitrogens with zero attached hydrogens (tertiary/aromatic N) is 1. The van der Waals surface area contributed by atoms with Crippen LogP contribution in [0.5, 0.6) is 5.75 Å². The summed E-state index contributed by atoms with van der Waals surface area (Å²) in [5.74, 6) is 0.478. The third-order valence-corrected chi connectivity index (χ3v) is 6.00. The first-order chi connectivity index (χ1) is 12.6. The highest BCUT2D eigenvalue weighted by atomic mass is 35.5. The van der Waals surface area contributed by atoms with Gasteiger partial charge < -0.3 is 9.64 Å². The Balaban J connectivity index is 1.96. The first-order valence-corrected chi connectivity index (χ1v) is 10.4. The Hall–Kier alpha value is -2.25. The minimum absolute atomic E-state index is 0.0681. The number of amides is 1. The lowest BCUT2D eigenvalue weighted by Gasteiger charge is -2.27. The maximum Gasteiger partial charge on any atom is 0.261 e. The zero-order valence-corrected chi connectivity index (χ0v) is 16.9. The monoisotopic (exact) mass is 408 g/mol. The van der Waals surface area contributed by atoms with E-state index in [0.29, 0.717) is 28.7 Å². The Morgan fingerprint density at radius 3 is 2.48 bits per heavy atom. The third kappa shape index (κ3) is 3.89. The van der Waals surface area contributed by atoms with Crippen molar-refractivity contribution in [3.8, 4) is 5.75 Å². The average Bonchev–Trinajstić information content (AvgIpc) is 2.70. The molecule has 3 rings (SSSR count). The Kier molecular flexibility index (Phi) is 5.10. The van der Waals surface area contributed by atoms with Gasteiger partial charge in [0.05, 0.1) is 21.7 Å². The van der Waals surface area contributed by atoms with Gasteiger partial charge in [-0.25, -0.2) is 8.42 Å². The number of halogens is 1. The van der Waals surface area contributed by atoms with Gasteiger partial charge >= 0.3 is 0 Å². The summed E-state index contributed by atoms with van der Waals surface area (Å²) < 4.78 is 33.5. The Labute approximate surface area is 164 Å². The van der Waals surface area contributed by atoms with Crippen molar-refractivity contribution in [3.63, 3.8) is 0 Å². The summed E-state index contributed by atoms with van der Waals surface area (Å²) in [6.45, 7) is 6.23. The van der Waals surface area contributed by atoms with Gasteiger partial charge in [-0.1, -0.05) is 11.6 Å². The molecule has 0 bridgehead atoms. The summed E-state index contributed by atoms with van der Waals surface area (Å²) in [4.78, 5) is 14.5. The molecule has 0 aromatic heterocycles. The molecule has 1 N–H and O–H groups in total. The number of fused-ring (bicyclic) bond motifs is 1. The molecule has 144 valence electrons. The lowest BCUT2D eigenvalue weighted by molar-refractivity contribution is -0.127. The second kappa shape index (κ2) is 7.05. The largest absolute Gasteiger partial charge is 0.490 e. The molecule has 27 heavy (non-hydrogen) atoms. The van der Waals surface area contributed by atoms with Crippen LogP contribution in [0.1, 0.15) is 20.8 Å². The van der Waals surface area contributed by atoms with Gasteiger partial charge in [0.1, 0.15) is 12.4 Å². The van der Waals surface area contributed by atoms with E-state index in [9.17, 15) is 13.2 Å². The number of nitrogens with one attached hydrogen (secondary N) is 1. The summed E-state index contributed by atoms with van der Waals surface area (Å²) in [5.41, 5.74) is 0.223. The van der Waals surface area contributed by atoms with Crippen molar-refractivity contribution >= 4 is 38.9 Å². The van der Waals surface area contributed by atoms with Crippen LogP contribution in [0, 0.1) is 5.41 Å². The van der Waals surface area contributed by atoms with Crippen molar-refractivity contribution in [1.29, 1.82) is 0 Å². The first kappa shape index (κ1) is 19.5. The SMILES string of the molecule is CCN1C(=O)C(C)(C)COc2ccc(NS(=O)(=O)c3ccc(Cl)cc3)cc21. The molecule has 1 heterocycles. The van der Waals surface area contributed by atoms with Gasteiger partial charge in [0, 0.05) is 11.6 Å². The summed E-state index contributed by atoms with van der Waals surface area (Å²) in [6, 6.07) is 10.8. The van der Waals surface area contributed by atoms with Crippen LogP contribution in [0.25, 0.3) is 0 Å². The number of rotatable bonds is 4. The zero-order chi connectivity index (χ0) is 19.8. The maximum absolute atomic E-state index is 12.8. The Morgan fingerprint density at radius 2 is 1.85 bits per heavy atom. The van der Waals surface area contributed by atoms with E-state index in [0.717, 1.165) is 0 Å². The number of sulfonamides is 1. The number of anilines is 2. The van der Waals surface area contributed by atoms with Crippen LogP contribution in [-0.2, 0) is 14.8 Å². The number of hydrogen-bond acceptors (Lipinski definition) is 4. The van der Waals surface area contributed by atoms with Gasteiger partial charge in [0.15, 0.2) is 0 Å². The number of benzene rings is 2. The van der Waals surface area contributed by atoms with Gasteiger partial charge in [-0.2, -0.15) is 0 Å². The second-order valence-corrected chi connectivity index (χ2v) is 9.08. The maximum atomic E-state index is 12.8. The number of carbonyl (C=O) groups excluding carboxylic acids is 1. The van der Waals surface area contributed by atoms with E-state index in [2.05, 4.69) is 4.72 Å². The van der Waals surface area contributed by atoms with Gasteiger partial charge in [-0.3, -0.25) is 9.52 Å². The lowest BCUT2D eigenvalue weighted by Crippen LogP contribution is -2.42. The quantitative estimate of drug-likeness (QED) is 0.832. The fraction of sp³-hybridized carbons (Fsp3) is 0.316. The highest BCUT2D eigenvalue weighted by Gasteiger charge is 2.37. The summed E-state index contributed by atoms with van der Waals surface area (Å²) >= 11 is 5.82. The van der Waals surface area contributed by atoms with Crippen molar-refractivity contribution in [2.24, 2.45) is 5.41 Å². The normalized spacial score (nSPS) is 16.3. The molecule has 8 heteroatoms. The fourth-order valence-corrected chi connectivity index (χ4v) is 4.03. The molecule has 0 aliphatic carbocycles. The Bertz CT molecular complexity index is 972. The van der Waals surface area contributed by atoms with Gasteiger partial charge in [-0.15, -0.1) is 0 Å². The van der Waals surface area contributed by atoms with Crippen molar-refractivity contribution < 1.29 is 17.9 Å². The predicted octanol–water partition coefficient (Wildman–Crippen LogP) is 3.91. The average molecular weight is 409 g/mol. The molecule has 0 radical (unpaired) electrons. The van der Waals surface area contributed by atoms with Gasteiger partial charge in [0.2, 0.25) is 5.91 Å². The highest BCUT2D eigenvalue weighted by Crippen LogP contribution is 2.38. The molecule has 1 aliphatic rings. The van der Waals surface area contributed by atoms with Gasteiger partial charge in [-0.05, 0) is 63.2 Å². The van der Waals surface area contributed by atoms with Crippen molar-refractivity contribution in [2.45, 2.75) is 25.7 Å². The van der Waals surface area contributed by atoms with E-state index in [4.69, 9.17) is 16.3 Å². The number of hydrogen-bond donors (Lipinski definition) is 1. The molecule has 0 saturated heterocycles. The molecular weight excluding hydrogens is 388 g/mol. The summed E-state index contributed by atoms with van der Waals surface area (Å²) in [7, 11) is -3.78. The molecule has 1 aliphatic heterocycles. The second-order valence-electron chi connectivity index (χ2n) is 6.96. The summed E-state index contributed by atoms with van der Waals surface area (Å²) in [6.07, 6.45) is 0. The van der Waals surface area contributed by atoms with E-state index in [1.165, 1.54) is 24.3 Å². The molecule has 2 aromatic rings. The van der Waals surface area contributed by atoms with Crippen LogP contribution < -0.4 is 14.4 Å². The van der Waals surface area contributed by atoms with E-state index in [1.54, 1.807) is 23.1 Å². The van der Waals surface area contributed by atoms with E-state index in [1.807, 2.05) is 20.8 Å². The topological polar surface area (TPSA) is 75.7 Å². The molecule has 0 spiro atoms. The third-order valence-electron chi connectivity index (χ3n) is 4.35. The van der Waals surface area contributed by atoms with Gasteiger partial charge in [0.25, 0.3) is 10.0 Å².